The predicted molar refractivity (Wildman–Crippen MR) is 113 cm³/mol. The molecule has 6 nitrogen and oxygen atoms in total. The maximum Gasteiger partial charge on any atom is 0.240 e. The van der Waals surface area contributed by atoms with Crippen LogP contribution in [0.3, 0.4) is 0 Å². The molecule has 2 N–H and O–H groups in total. The van der Waals surface area contributed by atoms with Crippen molar-refractivity contribution < 1.29 is 18.3 Å². The number of likely N-dealkylation sites (tertiary alicyclic amines) is 1. The number of aliphatic hydroxyl groups is 1. The third-order valence-corrected chi connectivity index (χ3v) is 6.60. The second-order valence-corrected chi connectivity index (χ2v) is 9.39. The van der Waals surface area contributed by atoms with Crippen LogP contribution in [0.1, 0.15) is 24.0 Å². The van der Waals surface area contributed by atoms with Gasteiger partial charge < -0.3 is 9.84 Å². The van der Waals surface area contributed by atoms with Gasteiger partial charge in [-0.25, -0.2) is 13.1 Å². The van der Waals surface area contributed by atoms with E-state index in [1.54, 1.807) is 12.1 Å². The molecule has 0 spiro atoms. The normalized spacial score (nSPS) is 17.9. The van der Waals surface area contributed by atoms with Crippen molar-refractivity contribution >= 4 is 10.0 Å². The highest BCUT2D eigenvalue weighted by Crippen LogP contribution is 2.21. The standard InChI is InChI=1S/C22H30N2O4S/c1-18-7-9-22(10-8-18)29(26,27)23-15-20-5-3-11-24(17-20)16-19-4-2-6-21(14-19)28-13-12-25/h2,4,6-10,14,20,23,25H,3,5,11-13,15-17H2,1H3/t20-/m0/s1. The maximum atomic E-state index is 12.5. The minimum absolute atomic E-state index is 0.00344. The van der Waals surface area contributed by atoms with Crippen LogP contribution in [-0.2, 0) is 16.6 Å². The second kappa shape index (κ2) is 10.2. The van der Waals surface area contributed by atoms with E-state index in [-0.39, 0.29) is 19.1 Å². The van der Waals surface area contributed by atoms with E-state index >= 15 is 0 Å². The molecule has 3 rings (SSSR count). The number of hydrogen-bond acceptors (Lipinski definition) is 5. The summed E-state index contributed by atoms with van der Waals surface area (Å²) in [6.07, 6.45) is 2.07. The minimum Gasteiger partial charge on any atom is -0.491 e. The van der Waals surface area contributed by atoms with Gasteiger partial charge in [-0.15, -0.1) is 0 Å². The molecule has 0 saturated carbocycles. The van der Waals surface area contributed by atoms with Gasteiger partial charge in [-0.3, -0.25) is 4.90 Å². The highest BCUT2D eigenvalue weighted by molar-refractivity contribution is 7.89. The average Bonchev–Trinajstić information content (AvgIpc) is 2.72. The number of nitrogens with zero attached hydrogens (tertiary/aromatic N) is 1. The molecule has 7 heteroatoms. The van der Waals surface area contributed by atoms with Gasteiger partial charge >= 0.3 is 0 Å². The Labute approximate surface area is 173 Å². The zero-order valence-corrected chi connectivity index (χ0v) is 17.7. The summed E-state index contributed by atoms with van der Waals surface area (Å²) in [5, 5.41) is 8.90. The van der Waals surface area contributed by atoms with E-state index in [9.17, 15) is 8.42 Å². The number of sulfonamides is 1. The van der Waals surface area contributed by atoms with Crippen molar-refractivity contribution in [3.63, 3.8) is 0 Å². The summed E-state index contributed by atoms with van der Waals surface area (Å²) in [5.74, 6) is 1.05. The van der Waals surface area contributed by atoms with Gasteiger partial charge in [0.1, 0.15) is 12.4 Å². The molecule has 0 unspecified atom stereocenters. The molecule has 1 heterocycles. The molecule has 1 fully saturated rings. The third-order valence-electron chi connectivity index (χ3n) is 5.16. The molecule has 0 aliphatic carbocycles. The van der Waals surface area contributed by atoms with Crippen molar-refractivity contribution in [1.82, 2.24) is 9.62 Å². The molecule has 29 heavy (non-hydrogen) atoms. The Hall–Kier alpha value is -1.93. The number of benzene rings is 2. The number of piperidine rings is 1. The Bertz CT molecular complexity index is 884. The van der Waals surface area contributed by atoms with E-state index in [1.807, 2.05) is 37.3 Å². The van der Waals surface area contributed by atoms with E-state index in [0.717, 1.165) is 49.4 Å². The van der Waals surface area contributed by atoms with Crippen molar-refractivity contribution in [2.45, 2.75) is 31.2 Å². The molecule has 2 aromatic carbocycles. The van der Waals surface area contributed by atoms with Crippen LogP contribution in [0.2, 0.25) is 0 Å². The number of rotatable bonds is 9. The molecule has 1 aliphatic heterocycles. The first-order valence-corrected chi connectivity index (χ1v) is 11.6. The first kappa shape index (κ1) is 21.8. The number of aliphatic hydroxyl groups excluding tert-OH is 1. The molecular formula is C22H30N2O4S. The summed E-state index contributed by atoms with van der Waals surface area (Å²) in [6, 6.07) is 14.8. The van der Waals surface area contributed by atoms with E-state index < -0.39 is 10.0 Å². The van der Waals surface area contributed by atoms with Gasteiger partial charge in [-0.05, 0) is 62.1 Å². The summed E-state index contributed by atoms with van der Waals surface area (Å²) >= 11 is 0. The van der Waals surface area contributed by atoms with Gasteiger partial charge in [0.25, 0.3) is 0 Å². The zero-order valence-electron chi connectivity index (χ0n) is 16.9. The molecule has 1 saturated heterocycles. The fourth-order valence-corrected chi connectivity index (χ4v) is 4.76. The van der Waals surface area contributed by atoms with Crippen LogP contribution in [0.4, 0.5) is 0 Å². The number of hydrogen-bond donors (Lipinski definition) is 2. The highest BCUT2D eigenvalue weighted by atomic mass is 32.2. The molecule has 1 atom stereocenters. The first-order chi connectivity index (χ1) is 14.0. The summed E-state index contributed by atoms with van der Waals surface area (Å²) in [7, 11) is -3.47. The van der Waals surface area contributed by atoms with Crippen molar-refractivity contribution in [1.29, 1.82) is 0 Å². The average molecular weight is 419 g/mol. The van der Waals surface area contributed by atoms with Gasteiger partial charge in [0.05, 0.1) is 11.5 Å². The van der Waals surface area contributed by atoms with Crippen molar-refractivity contribution in [2.24, 2.45) is 5.92 Å². The zero-order chi connectivity index (χ0) is 20.7. The van der Waals surface area contributed by atoms with Gasteiger partial charge in [-0.2, -0.15) is 0 Å². The van der Waals surface area contributed by atoms with Crippen LogP contribution >= 0.6 is 0 Å². The quantitative estimate of drug-likeness (QED) is 0.654. The molecule has 2 aromatic rings. The van der Waals surface area contributed by atoms with Crippen LogP contribution in [0.5, 0.6) is 5.75 Å². The fraction of sp³-hybridized carbons (Fsp3) is 0.455. The largest absolute Gasteiger partial charge is 0.491 e. The van der Waals surface area contributed by atoms with Crippen molar-refractivity contribution in [3.8, 4) is 5.75 Å². The summed E-state index contributed by atoms with van der Waals surface area (Å²) < 4.78 is 33.3. The lowest BCUT2D eigenvalue weighted by Crippen LogP contribution is -2.40. The Kier molecular flexibility index (Phi) is 7.66. The van der Waals surface area contributed by atoms with Gasteiger partial charge in [0, 0.05) is 19.6 Å². The Morgan fingerprint density at radius 3 is 2.76 bits per heavy atom. The Morgan fingerprint density at radius 1 is 1.21 bits per heavy atom. The molecule has 0 bridgehead atoms. The topological polar surface area (TPSA) is 78.9 Å². The Morgan fingerprint density at radius 2 is 2.00 bits per heavy atom. The van der Waals surface area contributed by atoms with Crippen LogP contribution in [-0.4, -0.2) is 51.3 Å². The molecule has 0 amide bonds. The van der Waals surface area contributed by atoms with E-state index in [1.165, 1.54) is 0 Å². The molecular weight excluding hydrogens is 388 g/mol. The predicted octanol–water partition coefficient (Wildman–Crippen LogP) is 2.56. The van der Waals surface area contributed by atoms with Crippen LogP contribution in [0.25, 0.3) is 0 Å². The number of ether oxygens (including phenoxy) is 1. The van der Waals surface area contributed by atoms with E-state index in [4.69, 9.17) is 9.84 Å². The summed E-state index contributed by atoms with van der Waals surface area (Å²) in [4.78, 5) is 2.68. The Balaban J connectivity index is 1.53. The van der Waals surface area contributed by atoms with E-state index in [0.29, 0.717) is 11.4 Å². The fourth-order valence-electron chi connectivity index (χ4n) is 3.65. The van der Waals surface area contributed by atoms with Crippen LogP contribution < -0.4 is 9.46 Å². The SMILES string of the molecule is Cc1ccc(S(=O)(=O)NC[C@@H]2CCCN(Cc3cccc(OCCO)c3)C2)cc1. The lowest BCUT2D eigenvalue weighted by atomic mass is 9.98. The highest BCUT2D eigenvalue weighted by Gasteiger charge is 2.22. The van der Waals surface area contributed by atoms with Gasteiger partial charge in [0.15, 0.2) is 0 Å². The molecule has 158 valence electrons. The summed E-state index contributed by atoms with van der Waals surface area (Å²) in [5.41, 5.74) is 2.19. The van der Waals surface area contributed by atoms with Gasteiger partial charge in [-0.1, -0.05) is 29.8 Å². The number of nitrogens with one attached hydrogen (secondary N) is 1. The lowest BCUT2D eigenvalue weighted by Gasteiger charge is -2.32. The number of aryl methyl sites for hydroxylation is 1. The summed E-state index contributed by atoms with van der Waals surface area (Å²) in [6.45, 7) is 5.34. The van der Waals surface area contributed by atoms with Crippen LogP contribution in [0, 0.1) is 12.8 Å². The molecule has 0 aromatic heterocycles. The lowest BCUT2D eigenvalue weighted by molar-refractivity contribution is 0.168. The molecule has 0 radical (unpaired) electrons. The van der Waals surface area contributed by atoms with Gasteiger partial charge in [0.2, 0.25) is 10.0 Å². The third kappa shape index (κ3) is 6.54. The molecule has 1 aliphatic rings. The first-order valence-electron chi connectivity index (χ1n) is 10.1. The van der Waals surface area contributed by atoms with Crippen LogP contribution in [0.15, 0.2) is 53.4 Å². The second-order valence-electron chi connectivity index (χ2n) is 7.63. The van der Waals surface area contributed by atoms with Crippen molar-refractivity contribution in [3.05, 3.63) is 59.7 Å². The smallest absolute Gasteiger partial charge is 0.240 e. The maximum absolute atomic E-state index is 12.5. The minimum atomic E-state index is -3.47. The van der Waals surface area contributed by atoms with Crippen molar-refractivity contribution in [2.75, 3.05) is 32.8 Å². The monoisotopic (exact) mass is 418 g/mol. The van der Waals surface area contributed by atoms with E-state index in [2.05, 4.69) is 15.7 Å².